The maximum absolute atomic E-state index is 2.55. The molecule has 0 N–H and O–H groups in total. The van der Waals surface area contributed by atoms with Crippen LogP contribution in [0.5, 0.6) is 0 Å². The largest absolute Gasteiger partial charge is 0.312 e. The van der Waals surface area contributed by atoms with Gasteiger partial charge in [-0.1, -0.05) is 109 Å². The van der Waals surface area contributed by atoms with Crippen LogP contribution >= 0.6 is 0 Å². The molecule has 9 rings (SSSR count). The summed E-state index contributed by atoms with van der Waals surface area (Å²) >= 11 is 0. The zero-order valence-electron chi connectivity index (χ0n) is 24.1. The Balaban J connectivity index is 1.22. The van der Waals surface area contributed by atoms with Gasteiger partial charge in [0, 0.05) is 22.0 Å². The quantitative estimate of drug-likeness (QED) is 0.193. The van der Waals surface area contributed by atoms with Gasteiger partial charge in [-0.15, -0.1) is 0 Å². The molecule has 0 fully saturated rings. The minimum atomic E-state index is 1.04. The van der Waals surface area contributed by atoms with Crippen molar-refractivity contribution in [2.24, 2.45) is 0 Å². The predicted octanol–water partition coefficient (Wildman–Crippen LogP) is 11.2. The van der Waals surface area contributed by atoms with E-state index < -0.39 is 0 Å². The standard InChI is InChI=1S/C42H31N/c1-2-11-29-24-32(21-20-28(29)10-1)30-13-9-14-31(25-30)33-22-23-41-39(26-33)38-18-7-8-19-40(38)43(41)42-27-34-12-3-4-15-35(34)36-16-5-6-17-37(36)42/h2-7,9,11-18,20-27H,1,8,10,19H2. The molecule has 1 heteroatoms. The first-order valence-corrected chi connectivity index (χ1v) is 15.5. The average Bonchev–Trinajstić information content (AvgIpc) is 3.41. The number of aryl methyl sites for hydroxylation is 1. The monoisotopic (exact) mass is 549 g/mol. The van der Waals surface area contributed by atoms with Gasteiger partial charge < -0.3 is 4.57 Å². The van der Waals surface area contributed by atoms with E-state index in [0.717, 1.165) is 25.7 Å². The topological polar surface area (TPSA) is 4.93 Å². The van der Waals surface area contributed by atoms with Crippen molar-refractivity contribution >= 4 is 44.6 Å². The molecule has 0 unspecified atom stereocenters. The molecule has 0 bridgehead atoms. The van der Waals surface area contributed by atoms with Crippen molar-refractivity contribution in [3.05, 3.63) is 150 Å². The summed E-state index contributed by atoms with van der Waals surface area (Å²) in [5.41, 5.74) is 13.2. The van der Waals surface area contributed by atoms with E-state index in [4.69, 9.17) is 0 Å². The maximum Gasteiger partial charge on any atom is 0.0543 e. The van der Waals surface area contributed by atoms with Gasteiger partial charge in [0.25, 0.3) is 0 Å². The van der Waals surface area contributed by atoms with Crippen LogP contribution in [0.2, 0.25) is 0 Å². The second-order valence-corrected chi connectivity index (χ2v) is 12.0. The smallest absolute Gasteiger partial charge is 0.0543 e. The summed E-state index contributed by atoms with van der Waals surface area (Å²) in [5, 5.41) is 6.52. The third kappa shape index (κ3) is 3.92. The van der Waals surface area contributed by atoms with E-state index in [2.05, 4.69) is 144 Å². The second kappa shape index (κ2) is 9.71. The molecule has 2 aliphatic rings. The number of nitrogens with zero attached hydrogens (tertiary/aromatic N) is 1. The zero-order chi connectivity index (χ0) is 28.3. The summed E-state index contributed by atoms with van der Waals surface area (Å²) in [6.45, 7) is 0. The summed E-state index contributed by atoms with van der Waals surface area (Å²) < 4.78 is 2.55. The lowest BCUT2D eigenvalue weighted by atomic mass is 9.92. The lowest BCUT2D eigenvalue weighted by Gasteiger charge is -2.17. The van der Waals surface area contributed by atoms with Crippen LogP contribution in [-0.4, -0.2) is 4.57 Å². The van der Waals surface area contributed by atoms with E-state index in [1.807, 2.05) is 0 Å². The van der Waals surface area contributed by atoms with E-state index in [9.17, 15) is 0 Å². The van der Waals surface area contributed by atoms with Crippen molar-refractivity contribution in [3.63, 3.8) is 0 Å². The molecule has 204 valence electrons. The minimum absolute atomic E-state index is 1.04. The summed E-state index contributed by atoms with van der Waals surface area (Å²) in [6.07, 6.45) is 13.6. The Labute approximate surface area is 252 Å². The SMILES string of the molecule is C1=Cc2cc(-c3cccc(-c4ccc5c(c4)c4c(n5-c5cc6ccccc6c6ccccc56)CCC=C4)c3)ccc2CC1. The minimum Gasteiger partial charge on any atom is -0.312 e. The van der Waals surface area contributed by atoms with E-state index in [1.54, 1.807) is 0 Å². The molecule has 0 atom stereocenters. The van der Waals surface area contributed by atoms with Gasteiger partial charge in [0.15, 0.2) is 0 Å². The summed E-state index contributed by atoms with van der Waals surface area (Å²) in [7, 11) is 0. The van der Waals surface area contributed by atoms with Gasteiger partial charge >= 0.3 is 0 Å². The first-order chi connectivity index (χ1) is 21.3. The van der Waals surface area contributed by atoms with Gasteiger partial charge in [0.05, 0.1) is 11.2 Å². The average molecular weight is 550 g/mol. The second-order valence-electron chi connectivity index (χ2n) is 12.0. The van der Waals surface area contributed by atoms with Crippen LogP contribution < -0.4 is 0 Å². The van der Waals surface area contributed by atoms with Gasteiger partial charge in [-0.2, -0.15) is 0 Å². The molecule has 0 aliphatic heterocycles. The number of fused-ring (bicyclic) bond motifs is 7. The first kappa shape index (κ1) is 24.5. The van der Waals surface area contributed by atoms with Crippen LogP contribution in [0.3, 0.4) is 0 Å². The van der Waals surface area contributed by atoms with Crippen LogP contribution in [0.4, 0.5) is 0 Å². The van der Waals surface area contributed by atoms with E-state index in [0.29, 0.717) is 0 Å². The van der Waals surface area contributed by atoms with Crippen molar-refractivity contribution in [2.75, 3.05) is 0 Å². The molecule has 0 saturated carbocycles. The molecular weight excluding hydrogens is 518 g/mol. The Bertz CT molecular complexity index is 2290. The lowest BCUT2D eigenvalue weighted by molar-refractivity contribution is 0.892. The Morgan fingerprint density at radius 3 is 2.12 bits per heavy atom. The molecule has 1 heterocycles. The zero-order valence-corrected chi connectivity index (χ0v) is 24.1. The van der Waals surface area contributed by atoms with Crippen molar-refractivity contribution in [1.82, 2.24) is 4.57 Å². The number of aromatic nitrogens is 1. The predicted molar refractivity (Wildman–Crippen MR) is 184 cm³/mol. The van der Waals surface area contributed by atoms with E-state index >= 15 is 0 Å². The molecule has 0 amide bonds. The highest BCUT2D eigenvalue weighted by Crippen LogP contribution is 2.40. The number of hydrogen-bond acceptors (Lipinski definition) is 0. The Hall–Kier alpha value is -5.14. The highest BCUT2D eigenvalue weighted by atomic mass is 15.0. The van der Waals surface area contributed by atoms with Crippen LogP contribution in [0.15, 0.2) is 127 Å². The normalized spacial score (nSPS) is 14.0. The third-order valence-corrected chi connectivity index (χ3v) is 9.48. The van der Waals surface area contributed by atoms with Crippen molar-refractivity contribution < 1.29 is 0 Å². The first-order valence-electron chi connectivity index (χ1n) is 15.5. The van der Waals surface area contributed by atoms with Crippen LogP contribution in [-0.2, 0) is 12.8 Å². The molecule has 2 aliphatic carbocycles. The van der Waals surface area contributed by atoms with Crippen molar-refractivity contribution in [3.8, 4) is 27.9 Å². The summed E-state index contributed by atoms with van der Waals surface area (Å²) in [5.74, 6) is 0. The van der Waals surface area contributed by atoms with Gasteiger partial charge in [0.2, 0.25) is 0 Å². The number of hydrogen-bond donors (Lipinski definition) is 0. The molecule has 1 nitrogen and oxygen atoms in total. The third-order valence-electron chi connectivity index (χ3n) is 9.48. The van der Waals surface area contributed by atoms with Gasteiger partial charge in [0.1, 0.15) is 0 Å². The van der Waals surface area contributed by atoms with Crippen LogP contribution in [0.1, 0.15) is 35.2 Å². The number of benzene rings is 6. The Morgan fingerprint density at radius 1 is 0.488 bits per heavy atom. The molecule has 6 aromatic carbocycles. The highest BCUT2D eigenvalue weighted by molar-refractivity contribution is 6.12. The number of rotatable bonds is 3. The van der Waals surface area contributed by atoms with Gasteiger partial charge in [-0.3, -0.25) is 0 Å². The van der Waals surface area contributed by atoms with Gasteiger partial charge in [-0.25, -0.2) is 0 Å². The fraction of sp³-hybridized carbons (Fsp3) is 0.0952. The molecular formula is C42H31N. The molecule has 7 aromatic rings. The summed E-state index contributed by atoms with van der Waals surface area (Å²) in [6, 6.07) is 43.1. The molecule has 0 saturated heterocycles. The van der Waals surface area contributed by atoms with E-state index in [1.165, 1.54) is 82.8 Å². The Kier molecular flexibility index (Phi) is 5.52. The molecule has 43 heavy (non-hydrogen) atoms. The summed E-state index contributed by atoms with van der Waals surface area (Å²) in [4.78, 5) is 0. The number of allylic oxidation sites excluding steroid dienone is 2. The highest BCUT2D eigenvalue weighted by Gasteiger charge is 2.21. The maximum atomic E-state index is 2.55. The van der Waals surface area contributed by atoms with Crippen LogP contribution in [0, 0.1) is 0 Å². The Morgan fingerprint density at radius 2 is 1.21 bits per heavy atom. The molecule has 1 aromatic heterocycles. The van der Waals surface area contributed by atoms with Crippen molar-refractivity contribution in [2.45, 2.75) is 25.7 Å². The fourth-order valence-electron chi connectivity index (χ4n) is 7.38. The molecule has 0 radical (unpaired) electrons. The van der Waals surface area contributed by atoms with Crippen molar-refractivity contribution in [1.29, 1.82) is 0 Å². The van der Waals surface area contributed by atoms with Crippen LogP contribution in [0.25, 0.3) is 72.5 Å². The van der Waals surface area contributed by atoms with Gasteiger partial charge in [-0.05, 0) is 106 Å². The molecule has 0 spiro atoms. The fourth-order valence-corrected chi connectivity index (χ4v) is 7.38. The lowest BCUT2D eigenvalue weighted by Crippen LogP contribution is -2.04. The van der Waals surface area contributed by atoms with E-state index in [-0.39, 0.29) is 0 Å².